The third-order valence-electron chi connectivity index (χ3n) is 9.24. The minimum atomic E-state index is -1.29. The van der Waals surface area contributed by atoms with Gasteiger partial charge in [-0.25, -0.2) is 13.6 Å². The first kappa shape index (κ1) is 28.9. The fourth-order valence-electron chi connectivity index (χ4n) is 6.53. The molecule has 3 aromatic rings. The van der Waals surface area contributed by atoms with E-state index in [4.69, 9.17) is 4.74 Å². The van der Waals surface area contributed by atoms with Crippen molar-refractivity contribution in [2.75, 3.05) is 69.2 Å². The highest BCUT2D eigenvalue weighted by Gasteiger charge is 2.41. The summed E-state index contributed by atoms with van der Waals surface area (Å²) in [6, 6.07) is 9.37. The van der Waals surface area contributed by atoms with Crippen LogP contribution >= 0.6 is 0 Å². The smallest absolute Gasteiger partial charge is 0.321 e. The summed E-state index contributed by atoms with van der Waals surface area (Å²) in [5, 5.41) is 26.1. The van der Waals surface area contributed by atoms with E-state index in [2.05, 4.69) is 44.5 Å². The van der Waals surface area contributed by atoms with E-state index in [-0.39, 0.29) is 31.6 Å². The highest BCUT2D eigenvalue weighted by atomic mass is 19.2. The number of anilines is 2. The maximum atomic E-state index is 13.5. The van der Waals surface area contributed by atoms with Gasteiger partial charge in [-0.1, -0.05) is 0 Å². The van der Waals surface area contributed by atoms with Crippen molar-refractivity contribution in [3.8, 4) is 0 Å². The number of benzene rings is 2. The van der Waals surface area contributed by atoms with Crippen molar-refractivity contribution in [2.45, 2.75) is 43.3 Å². The van der Waals surface area contributed by atoms with Crippen LogP contribution in [-0.2, 0) is 4.74 Å². The number of aromatic nitrogens is 1. The zero-order valence-electron chi connectivity index (χ0n) is 23.7. The minimum Gasteiger partial charge on any atom is -0.389 e. The predicted octanol–water partition coefficient (Wildman–Crippen LogP) is 3.88. The molecule has 9 nitrogen and oxygen atoms in total. The van der Waals surface area contributed by atoms with Gasteiger partial charge in [0.2, 0.25) is 0 Å². The number of piperidine rings is 2. The van der Waals surface area contributed by atoms with E-state index >= 15 is 0 Å². The van der Waals surface area contributed by atoms with Gasteiger partial charge in [-0.3, -0.25) is 0 Å². The lowest BCUT2D eigenvalue weighted by Crippen LogP contribution is -2.56. The van der Waals surface area contributed by atoms with Gasteiger partial charge in [0, 0.05) is 67.3 Å². The molecule has 0 aliphatic carbocycles. The number of hydrogen-bond acceptors (Lipinski definition) is 6. The predicted molar refractivity (Wildman–Crippen MR) is 157 cm³/mol. The summed E-state index contributed by atoms with van der Waals surface area (Å²) in [5.41, 5.74) is 2.59. The van der Waals surface area contributed by atoms with Gasteiger partial charge in [0.15, 0.2) is 11.6 Å². The number of aromatic amines is 1. The van der Waals surface area contributed by atoms with Gasteiger partial charge in [-0.15, -0.1) is 0 Å². The second kappa shape index (κ2) is 12.2. The number of fused-ring (bicyclic) bond motifs is 1. The molecule has 1 atom stereocenters. The number of morpholine rings is 1. The Morgan fingerprint density at radius 1 is 1.02 bits per heavy atom. The minimum absolute atomic E-state index is 0.161. The molecule has 11 heteroatoms. The zero-order chi connectivity index (χ0) is 29.3. The number of aliphatic hydroxyl groups excluding tert-OH is 1. The molecular weight excluding hydrogens is 544 g/mol. The monoisotopic (exact) mass is 583 g/mol. The number of aliphatic hydroxyl groups is 2. The third-order valence-corrected chi connectivity index (χ3v) is 9.24. The van der Waals surface area contributed by atoms with Crippen LogP contribution in [0.15, 0.2) is 42.6 Å². The third kappa shape index (κ3) is 6.10. The number of nitrogens with one attached hydrogen (secondary N) is 2. The van der Waals surface area contributed by atoms with Gasteiger partial charge in [-0.05, 0) is 80.6 Å². The fraction of sp³-hybridized carbons (Fsp3) is 0.516. The normalized spacial score (nSPS) is 21.0. The lowest BCUT2D eigenvalue weighted by molar-refractivity contribution is -0.113. The molecule has 4 N–H and O–H groups in total. The first-order valence-corrected chi connectivity index (χ1v) is 14.9. The van der Waals surface area contributed by atoms with E-state index in [9.17, 15) is 23.8 Å². The van der Waals surface area contributed by atoms with Crippen LogP contribution in [0.3, 0.4) is 0 Å². The summed E-state index contributed by atoms with van der Waals surface area (Å²) in [5.74, 6) is -1.59. The Morgan fingerprint density at radius 2 is 1.76 bits per heavy atom. The Hall–Kier alpha value is -3.25. The quantitative estimate of drug-likeness (QED) is 0.351. The highest BCUT2D eigenvalue weighted by Crippen LogP contribution is 2.36. The van der Waals surface area contributed by atoms with E-state index in [0.29, 0.717) is 12.5 Å². The van der Waals surface area contributed by atoms with Crippen molar-refractivity contribution in [3.05, 3.63) is 59.8 Å². The molecule has 0 bridgehead atoms. The van der Waals surface area contributed by atoms with Crippen molar-refractivity contribution in [1.82, 2.24) is 14.8 Å². The second-order valence-electron chi connectivity index (χ2n) is 11.8. The van der Waals surface area contributed by atoms with Gasteiger partial charge in [0.25, 0.3) is 0 Å². The number of ether oxygens (including phenoxy) is 1. The van der Waals surface area contributed by atoms with Gasteiger partial charge in [0.1, 0.15) is 0 Å². The lowest BCUT2D eigenvalue weighted by atomic mass is 9.84. The fourth-order valence-corrected chi connectivity index (χ4v) is 6.53. The van der Waals surface area contributed by atoms with Gasteiger partial charge >= 0.3 is 6.03 Å². The first-order valence-electron chi connectivity index (χ1n) is 14.9. The Morgan fingerprint density at radius 3 is 2.48 bits per heavy atom. The van der Waals surface area contributed by atoms with Crippen LogP contribution in [-0.4, -0.2) is 102 Å². The molecule has 2 amide bonds. The molecule has 2 aromatic carbocycles. The standard InChI is InChI=1S/C31H39F2N5O4/c32-26-3-1-22(17-27(26)33)35-30(40)38-11-7-31(41,8-12-38)29(39)20-36-9-5-21(6-10-36)25-19-34-28-4-2-23(18-24(25)28)37-13-15-42-16-14-37/h1-4,17-19,21,29,34,39,41H,5-16,20H2,(H,35,40). The average Bonchev–Trinajstić information content (AvgIpc) is 3.43. The van der Waals surface area contributed by atoms with Crippen LogP contribution in [0.5, 0.6) is 0 Å². The van der Waals surface area contributed by atoms with Crippen LogP contribution in [0.2, 0.25) is 0 Å². The lowest BCUT2D eigenvalue weighted by Gasteiger charge is -2.43. The molecular formula is C31H39F2N5O4. The number of carbonyl (C=O) groups is 1. The summed E-state index contributed by atoms with van der Waals surface area (Å²) in [6.07, 6.45) is 3.61. The SMILES string of the molecule is O=C(Nc1ccc(F)c(F)c1)N1CCC(O)(C(O)CN2CCC(c3c[nH]c4ccc(N5CCOCC5)cc34)CC2)CC1. The van der Waals surface area contributed by atoms with Gasteiger partial charge < -0.3 is 40.0 Å². The summed E-state index contributed by atoms with van der Waals surface area (Å²) in [4.78, 5) is 22.2. The molecule has 6 rings (SSSR count). The van der Waals surface area contributed by atoms with Crippen LogP contribution in [0.1, 0.15) is 37.2 Å². The van der Waals surface area contributed by atoms with E-state index in [1.165, 1.54) is 27.6 Å². The van der Waals surface area contributed by atoms with Crippen LogP contribution in [0.4, 0.5) is 25.0 Å². The van der Waals surface area contributed by atoms with E-state index in [1.54, 1.807) is 0 Å². The molecule has 3 aliphatic heterocycles. The van der Waals surface area contributed by atoms with E-state index in [0.717, 1.165) is 69.9 Å². The number of H-pyrrole nitrogens is 1. The topological polar surface area (TPSA) is 104 Å². The van der Waals surface area contributed by atoms with Crippen molar-refractivity contribution in [1.29, 1.82) is 0 Å². The Balaban J connectivity index is 0.998. The number of rotatable bonds is 6. The molecule has 226 valence electrons. The average molecular weight is 584 g/mol. The molecule has 0 saturated carbocycles. The molecule has 3 fully saturated rings. The molecule has 0 radical (unpaired) electrons. The summed E-state index contributed by atoms with van der Waals surface area (Å²) in [6.45, 7) is 5.85. The molecule has 3 saturated heterocycles. The number of carbonyl (C=O) groups excluding carboxylic acids is 1. The number of hydrogen-bond donors (Lipinski definition) is 4. The molecule has 0 spiro atoms. The number of urea groups is 1. The van der Waals surface area contributed by atoms with Gasteiger partial charge in [0.05, 0.1) is 24.9 Å². The Bertz CT molecular complexity index is 1400. The molecule has 1 unspecified atom stereocenters. The highest BCUT2D eigenvalue weighted by molar-refractivity contribution is 5.89. The summed E-state index contributed by atoms with van der Waals surface area (Å²) < 4.78 is 32.2. The van der Waals surface area contributed by atoms with Crippen molar-refractivity contribution in [3.63, 3.8) is 0 Å². The summed E-state index contributed by atoms with van der Waals surface area (Å²) >= 11 is 0. The molecule has 3 aliphatic rings. The van der Waals surface area contributed by atoms with Crippen LogP contribution in [0, 0.1) is 11.6 Å². The van der Waals surface area contributed by atoms with E-state index < -0.39 is 29.4 Å². The number of likely N-dealkylation sites (tertiary alicyclic amines) is 2. The molecule has 4 heterocycles. The zero-order valence-corrected chi connectivity index (χ0v) is 23.7. The van der Waals surface area contributed by atoms with Crippen LogP contribution in [0.25, 0.3) is 10.9 Å². The van der Waals surface area contributed by atoms with Crippen LogP contribution < -0.4 is 10.2 Å². The first-order chi connectivity index (χ1) is 20.3. The number of amides is 2. The van der Waals surface area contributed by atoms with Crippen molar-refractivity contribution < 1.29 is 28.5 Å². The molecule has 42 heavy (non-hydrogen) atoms. The maximum Gasteiger partial charge on any atom is 0.321 e. The number of β-amino-alcohol motifs (C(OH)–C–C–N with tert-alkyl or cyclic N) is 1. The Kier molecular flexibility index (Phi) is 8.35. The number of nitrogens with zero attached hydrogens (tertiary/aromatic N) is 3. The second-order valence-corrected chi connectivity index (χ2v) is 11.8. The largest absolute Gasteiger partial charge is 0.389 e. The Labute approximate surface area is 244 Å². The van der Waals surface area contributed by atoms with E-state index in [1.807, 2.05) is 0 Å². The molecule has 1 aromatic heterocycles. The summed E-state index contributed by atoms with van der Waals surface area (Å²) in [7, 11) is 0. The van der Waals surface area contributed by atoms with Crippen molar-refractivity contribution >= 4 is 28.3 Å². The number of halogens is 2. The van der Waals surface area contributed by atoms with Crippen molar-refractivity contribution in [2.24, 2.45) is 0 Å². The van der Waals surface area contributed by atoms with Gasteiger partial charge in [-0.2, -0.15) is 0 Å². The maximum absolute atomic E-state index is 13.5.